The van der Waals surface area contributed by atoms with E-state index >= 15 is 0 Å². The van der Waals surface area contributed by atoms with Crippen LogP contribution in [0.3, 0.4) is 0 Å². The first kappa shape index (κ1) is 9.79. The van der Waals surface area contributed by atoms with Crippen molar-refractivity contribution in [3.05, 3.63) is 12.3 Å². The zero-order chi connectivity index (χ0) is 5.82. The van der Waals surface area contributed by atoms with Crippen LogP contribution in [0, 0.1) is 0 Å². The number of nitrogens with zero attached hydrogens (tertiary/aromatic N) is 1. The second-order valence-corrected chi connectivity index (χ2v) is 3.61. The van der Waals surface area contributed by atoms with E-state index < -0.39 is 0 Å². The number of H-pyrrole nitrogens is 1. The van der Waals surface area contributed by atoms with E-state index in [1.165, 1.54) is 0 Å². The van der Waals surface area contributed by atoms with Crippen LogP contribution in [-0.4, -0.2) is 42.7 Å². The zero-order valence-electron chi connectivity index (χ0n) is 4.87. The van der Waals surface area contributed by atoms with Gasteiger partial charge in [-0.2, -0.15) is 5.10 Å². The SMILES string of the molecule is CSSc1ccn[nH]1.[Bi]. The van der Waals surface area contributed by atoms with Gasteiger partial charge in [0.1, 0.15) is 5.03 Å². The summed E-state index contributed by atoms with van der Waals surface area (Å²) < 4.78 is 0. The first-order valence-corrected chi connectivity index (χ1v) is 4.69. The Labute approximate surface area is 81.1 Å². The van der Waals surface area contributed by atoms with Crippen molar-refractivity contribution in [3.63, 3.8) is 0 Å². The van der Waals surface area contributed by atoms with Gasteiger partial charge in [0.15, 0.2) is 0 Å². The van der Waals surface area contributed by atoms with E-state index in [4.69, 9.17) is 0 Å². The number of hydrogen-bond acceptors (Lipinski definition) is 3. The summed E-state index contributed by atoms with van der Waals surface area (Å²) >= 11 is 0. The molecule has 9 heavy (non-hydrogen) atoms. The molecule has 5 heteroatoms. The monoisotopic (exact) mass is 355 g/mol. The van der Waals surface area contributed by atoms with Gasteiger partial charge in [-0.3, -0.25) is 5.10 Å². The quantitative estimate of drug-likeness (QED) is 0.642. The number of aromatic nitrogens is 2. The third kappa shape index (κ3) is 3.48. The van der Waals surface area contributed by atoms with Gasteiger partial charge in [0, 0.05) is 32.4 Å². The second-order valence-electron chi connectivity index (χ2n) is 1.17. The van der Waals surface area contributed by atoms with Gasteiger partial charge in [0.05, 0.1) is 0 Å². The minimum Gasteiger partial charge on any atom is -0.271 e. The van der Waals surface area contributed by atoms with Crippen molar-refractivity contribution in [3.8, 4) is 0 Å². The van der Waals surface area contributed by atoms with E-state index in [9.17, 15) is 0 Å². The fourth-order valence-corrected chi connectivity index (χ4v) is 1.58. The summed E-state index contributed by atoms with van der Waals surface area (Å²) in [5.41, 5.74) is 0. The average molecular weight is 355 g/mol. The van der Waals surface area contributed by atoms with E-state index in [2.05, 4.69) is 10.2 Å². The molecule has 0 amide bonds. The van der Waals surface area contributed by atoms with E-state index in [0.29, 0.717) is 0 Å². The van der Waals surface area contributed by atoms with Gasteiger partial charge in [0.25, 0.3) is 0 Å². The van der Waals surface area contributed by atoms with Crippen LogP contribution in [0.5, 0.6) is 0 Å². The molecule has 3 radical (unpaired) electrons. The fraction of sp³-hybridized carbons (Fsp3) is 0.250. The Hall–Kier alpha value is 0.793. The second kappa shape index (κ2) is 5.57. The number of hydrogen-bond donors (Lipinski definition) is 1. The molecule has 49 valence electrons. The van der Waals surface area contributed by atoms with E-state index in [1.807, 2.05) is 12.3 Å². The maximum Gasteiger partial charge on any atom is 0.101 e. The van der Waals surface area contributed by atoms with Gasteiger partial charge < -0.3 is 0 Å². The minimum atomic E-state index is 0. The van der Waals surface area contributed by atoms with Crippen LogP contribution in [0.15, 0.2) is 17.3 Å². The van der Waals surface area contributed by atoms with Crippen molar-refractivity contribution in [1.29, 1.82) is 0 Å². The molecule has 1 aromatic heterocycles. The summed E-state index contributed by atoms with van der Waals surface area (Å²) in [6, 6.07) is 1.95. The molecule has 0 saturated heterocycles. The van der Waals surface area contributed by atoms with Gasteiger partial charge >= 0.3 is 0 Å². The Balaban J connectivity index is 0.000000640. The average Bonchev–Trinajstić information content (AvgIpc) is 2.19. The summed E-state index contributed by atoms with van der Waals surface area (Å²) in [6.07, 6.45) is 3.78. The first-order valence-electron chi connectivity index (χ1n) is 2.13. The fourth-order valence-electron chi connectivity index (χ4n) is 0.379. The summed E-state index contributed by atoms with van der Waals surface area (Å²) in [4.78, 5) is 0. The summed E-state index contributed by atoms with van der Waals surface area (Å²) in [6.45, 7) is 0. The van der Waals surface area contributed by atoms with Crippen LogP contribution in [0.25, 0.3) is 0 Å². The molecule has 0 spiro atoms. The molecular formula is C4H6BiN2S2. The van der Waals surface area contributed by atoms with E-state index in [0.717, 1.165) is 5.03 Å². The van der Waals surface area contributed by atoms with Crippen LogP contribution >= 0.6 is 21.6 Å². The van der Waals surface area contributed by atoms with Crippen molar-refractivity contribution in [2.45, 2.75) is 5.03 Å². The summed E-state index contributed by atoms with van der Waals surface area (Å²) in [7, 11) is 3.39. The number of aromatic amines is 1. The van der Waals surface area contributed by atoms with Crippen molar-refractivity contribution in [1.82, 2.24) is 10.2 Å². The van der Waals surface area contributed by atoms with Crippen LogP contribution in [0.1, 0.15) is 0 Å². The molecular weight excluding hydrogens is 349 g/mol. The van der Waals surface area contributed by atoms with Crippen LogP contribution in [0.4, 0.5) is 0 Å². The smallest absolute Gasteiger partial charge is 0.101 e. The van der Waals surface area contributed by atoms with Crippen molar-refractivity contribution in [2.75, 3.05) is 6.26 Å². The molecule has 1 rings (SSSR count). The Morgan fingerprint density at radius 2 is 2.44 bits per heavy atom. The molecule has 1 heterocycles. The number of nitrogens with one attached hydrogen (secondary N) is 1. The third-order valence-electron chi connectivity index (χ3n) is 0.648. The van der Waals surface area contributed by atoms with Crippen molar-refractivity contribution >= 4 is 47.8 Å². The number of rotatable bonds is 2. The topological polar surface area (TPSA) is 28.7 Å². The Kier molecular flexibility index (Phi) is 6.06. The van der Waals surface area contributed by atoms with Crippen LogP contribution in [0.2, 0.25) is 0 Å². The Bertz CT molecular complexity index is 142. The molecule has 1 aromatic rings. The predicted octanol–water partition coefficient (Wildman–Crippen LogP) is 1.40. The van der Waals surface area contributed by atoms with Crippen LogP contribution < -0.4 is 0 Å². The van der Waals surface area contributed by atoms with Crippen molar-refractivity contribution in [2.24, 2.45) is 0 Å². The van der Waals surface area contributed by atoms with Gasteiger partial charge in [-0.25, -0.2) is 0 Å². The van der Waals surface area contributed by atoms with Gasteiger partial charge in [0.2, 0.25) is 0 Å². The molecule has 0 aliphatic carbocycles. The maximum atomic E-state index is 3.78. The molecule has 0 aromatic carbocycles. The largest absolute Gasteiger partial charge is 0.271 e. The van der Waals surface area contributed by atoms with Gasteiger partial charge in [-0.1, -0.05) is 10.8 Å². The molecule has 0 aliphatic heterocycles. The molecule has 0 bridgehead atoms. The summed E-state index contributed by atoms with van der Waals surface area (Å²) in [5, 5.41) is 7.72. The standard InChI is InChI=1S/C4H6N2S2.Bi/c1-7-8-4-2-3-5-6-4;/h2-3H,1H3,(H,5,6);. The Morgan fingerprint density at radius 1 is 1.67 bits per heavy atom. The van der Waals surface area contributed by atoms with Gasteiger partial charge in [-0.05, 0) is 23.1 Å². The molecule has 1 N–H and O–H groups in total. The van der Waals surface area contributed by atoms with E-state index in [1.54, 1.807) is 27.8 Å². The first-order chi connectivity index (χ1) is 3.93. The third-order valence-corrected chi connectivity index (χ3v) is 2.26. The molecule has 0 atom stereocenters. The van der Waals surface area contributed by atoms with E-state index in [-0.39, 0.29) is 26.2 Å². The predicted molar refractivity (Wildman–Crippen MR) is 43.7 cm³/mol. The minimum absolute atomic E-state index is 0. The van der Waals surface area contributed by atoms with Crippen molar-refractivity contribution < 1.29 is 0 Å². The zero-order valence-corrected chi connectivity index (χ0v) is 9.98. The van der Waals surface area contributed by atoms with Crippen LogP contribution in [-0.2, 0) is 0 Å². The summed E-state index contributed by atoms with van der Waals surface area (Å²) in [5.74, 6) is 0. The Morgan fingerprint density at radius 3 is 2.89 bits per heavy atom. The molecule has 0 unspecified atom stereocenters. The molecule has 2 nitrogen and oxygen atoms in total. The normalized spacial score (nSPS) is 8.56. The molecule has 0 saturated carbocycles. The maximum absolute atomic E-state index is 3.78. The molecule has 0 aliphatic rings. The van der Waals surface area contributed by atoms with Gasteiger partial charge in [-0.15, -0.1) is 0 Å². The molecule has 0 fully saturated rings.